The molecular formula is C24H30ClN3O4S. The van der Waals surface area contributed by atoms with E-state index in [1.54, 1.807) is 23.1 Å². The molecule has 9 heteroatoms. The third kappa shape index (κ3) is 6.95. The Hall–Kier alpha value is -2.58. The van der Waals surface area contributed by atoms with Gasteiger partial charge in [-0.2, -0.15) is 0 Å². The number of hydrogen-bond donors (Lipinski definition) is 2. The van der Waals surface area contributed by atoms with E-state index in [1.807, 2.05) is 0 Å². The second-order valence-electron chi connectivity index (χ2n) is 8.70. The van der Waals surface area contributed by atoms with Crippen molar-refractivity contribution in [2.75, 3.05) is 24.4 Å². The van der Waals surface area contributed by atoms with E-state index in [1.165, 1.54) is 30.3 Å². The Morgan fingerprint density at radius 1 is 1.15 bits per heavy atom. The van der Waals surface area contributed by atoms with Crippen LogP contribution in [0.25, 0.3) is 0 Å². The van der Waals surface area contributed by atoms with E-state index in [2.05, 4.69) is 23.9 Å². The van der Waals surface area contributed by atoms with Crippen LogP contribution in [0.3, 0.4) is 0 Å². The van der Waals surface area contributed by atoms with Gasteiger partial charge in [-0.15, -0.1) is 0 Å². The number of nitrogens with one attached hydrogen (secondary N) is 2. The minimum atomic E-state index is -3.82. The largest absolute Gasteiger partial charge is 0.356 e. The molecule has 178 valence electrons. The number of carbonyl (C=O) groups excluding carboxylic acids is 2. The van der Waals surface area contributed by atoms with Gasteiger partial charge in [-0.25, -0.2) is 8.42 Å². The molecule has 0 spiro atoms. The van der Waals surface area contributed by atoms with Crippen LogP contribution in [0.1, 0.15) is 43.5 Å². The Kier molecular flexibility index (Phi) is 8.37. The first kappa shape index (κ1) is 25.1. The molecule has 3 rings (SSSR count). The molecule has 2 aromatic rings. The van der Waals surface area contributed by atoms with Gasteiger partial charge in [0.2, 0.25) is 5.91 Å². The molecule has 1 heterocycles. The topological polar surface area (TPSA) is 95.6 Å². The van der Waals surface area contributed by atoms with Crippen molar-refractivity contribution in [1.29, 1.82) is 0 Å². The first-order valence-corrected chi connectivity index (χ1v) is 13.0. The highest BCUT2D eigenvalue weighted by atomic mass is 35.5. The predicted molar refractivity (Wildman–Crippen MR) is 130 cm³/mol. The summed E-state index contributed by atoms with van der Waals surface area (Å²) in [6.45, 7) is 5.77. The Labute approximate surface area is 200 Å². The molecule has 33 heavy (non-hydrogen) atoms. The summed E-state index contributed by atoms with van der Waals surface area (Å²) in [6.07, 6.45) is 2.41. The maximum Gasteiger partial charge on any atom is 0.261 e. The lowest BCUT2D eigenvalue weighted by Gasteiger charge is -2.32. The van der Waals surface area contributed by atoms with E-state index in [-0.39, 0.29) is 28.3 Å². The zero-order chi connectivity index (χ0) is 24.0. The van der Waals surface area contributed by atoms with Gasteiger partial charge in [0.1, 0.15) is 0 Å². The molecule has 0 bridgehead atoms. The molecular weight excluding hydrogens is 462 g/mol. The summed E-state index contributed by atoms with van der Waals surface area (Å²) in [7, 11) is -3.82. The SMILES string of the molecule is CC(C)CCNC(=O)C1CCCN(C(=O)c2cccc(NS(=O)(=O)c3ccc(Cl)cc3)c2)C1. The number of benzene rings is 2. The fourth-order valence-corrected chi connectivity index (χ4v) is 4.91. The molecule has 0 aromatic heterocycles. The maximum atomic E-state index is 13.1. The van der Waals surface area contributed by atoms with Gasteiger partial charge in [0.15, 0.2) is 0 Å². The highest BCUT2D eigenvalue weighted by molar-refractivity contribution is 7.92. The number of anilines is 1. The van der Waals surface area contributed by atoms with Crippen molar-refractivity contribution in [3.8, 4) is 0 Å². The molecule has 0 radical (unpaired) electrons. The van der Waals surface area contributed by atoms with Gasteiger partial charge >= 0.3 is 0 Å². The second-order valence-corrected chi connectivity index (χ2v) is 10.8. The molecule has 1 unspecified atom stereocenters. The lowest BCUT2D eigenvalue weighted by atomic mass is 9.96. The van der Waals surface area contributed by atoms with Crippen molar-refractivity contribution in [1.82, 2.24) is 10.2 Å². The molecule has 1 atom stereocenters. The second kappa shape index (κ2) is 11.0. The number of amides is 2. The first-order chi connectivity index (χ1) is 15.7. The predicted octanol–water partition coefficient (Wildman–Crippen LogP) is 4.16. The minimum Gasteiger partial charge on any atom is -0.356 e. The monoisotopic (exact) mass is 491 g/mol. The number of likely N-dealkylation sites (tertiary alicyclic amines) is 1. The summed E-state index contributed by atoms with van der Waals surface area (Å²) in [6, 6.07) is 12.2. The van der Waals surface area contributed by atoms with Crippen LogP contribution in [-0.2, 0) is 14.8 Å². The van der Waals surface area contributed by atoms with Crippen molar-refractivity contribution < 1.29 is 18.0 Å². The minimum absolute atomic E-state index is 0.0161. The molecule has 1 saturated heterocycles. The third-order valence-corrected chi connectivity index (χ3v) is 7.24. The summed E-state index contributed by atoms with van der Waals surface area (Å²) in [4.78, 5) is 27.4. The summed E-state index contributed by atoms with van der Waals surface area (Å²) in [5, 5.41) is 3.41. The van der Waals surface area contributed by atoms with Gasteiger partial charge in [0.05, 0.1) is 10.8 Å². The quantitative estimate of drug-likeness (QED) is 0.579. The van der Waals surface area contributed by atoms with E-state index in [4.69, 9.17) is 11.6 Å². The van der Waals surface area contributed by atoms with Crippen LogP contribution >= 0.6 is 11.6 Å². The molecule has 1 fully saturated rings. The summed E-state index contributed by atoms with van der Waals surface area (Å²) >= 11 is 5.84. The van der Waals surface area contributed by atoms with E-state index < -0.39 is 10.0 Å². The number of nitrogens with zero attached hydrogens (tertiary/aromatic N) is 1. The molecule has 2 aromatic carbocycles. The zero-order valence-corrected chi connectivity index (χ0v) is 20.5. The van der Waals surface area contributed by atoms with Crippen LogP contribution in [0.2, 0.25) is 5.02 Å². The zero-order valence-electron chi connectivity index (χ0n) is 18.9. The normalized spacial score (nSPS) is 16.5. The standard InChI is InChI=1S/C24H30ClN3O4S/c1-17(2)12-13-26-23(29)19-6-4-14-28(16-19)24(30)18-5-3-7-21(15-18)27-33(31,32)22-10-8-20(25)9-11-22/h3,5,7-11,15,17,19,27H,4,6,12-14,16H2,1-2H3,(H,26,29). The van der Waals surface area contributed by atoms with Gasteiger partial charge < -0.3 is 10.2 Å². The van der Waals surface area contributed by atoms with Crippen molar-refractivity contribution in [2.45, 2.75) is 38.0 Å². The van der Waals surface area contributed by atoms with Gasteiger partial charge in [0, 0.05) is 35.9 Å². The molecule has 1 aliphatic rings. The molecule has 2 N–H and O–H groups in total. The van der Waals surface area contributed by atoms with E-state index in [0.29, 0.717) is 36.1 Å². The first-order valence-electron chi connectivity index (χ1n) is 11.1. The average Bonchev–Trinajstić information content (AvgIpc) is 2.78. The molecule has 0 aliphatic carbocycles. The highest BCUT2D eigenvalue weighted by Gasteiger charge is 2.29. The van der Waals surface area contributed by atoms with E-state index in [0.717, 1.165) is 19.3 Å². The van der Waals surface area contributed by atoms with Gasteiger partial charge in [-0.1, -0.05) is 31.5 Å². The summed E-state index contributed by atoms with van der Waals surface area (Å²) in [5.41, 5.74) is 0.656. The smallest absolute Gasteiger partial charge is 0.261 e. The highest BCUT2D eigenvalue weighted by Crippen LogP contribution is 2.22. The third-order valence-electron chi connectivity index (χ3n) is 5.59. The van der Waals surface area contributed by atoms with Crippen molar-refractivity contribution in [3.05, 3.63) is 59.1 Å². The molecule has 0 saturated carbocycles. The fourth-order valence-electron chi connectivity index (χ4n) is 3.73. The molecule has 2 amide bonds. The van der Waals surface area contributed by atoms with Crippen LogP contribution in [0, 0.1) is 11.8 Å². The number of carbonyl (C=O) groups is 2. The number of piperidine rings is 1. The van der Waals surface area contributed by atoms with Crippen LogP contribution < -0.4 is 10.0 Å². The van der Waals surface area contributed by atoms with Gasteiger partial charge in [0.25, 0.3) is 15.9 Å². The van der Waals surface area contributed by atoms with Gasteiger partial charge in [-0.3, -0.25) is 14.3 Å². The summed E-state index contributed by atoms with van der Waals surface area (Å²) in [5.74, 6) is 0.0421. The Balaban J connectivity index is 1.66. The van der Waals surface area contributed by atoms with Crippen LogP contribution in [0.4, 0.5) is 5.69 Å². The molecule has 1 aliphatic heterocycles. The molecule has 7 nitrogen and oxygen atoms in total. The van der Waals surface area contributed by atoms with Gasteiger partial charge in [-0.05, 0) is 67.6 Å². The average molecular weight is 492 g/mol. The number of halogens is 1. The van der Waals surface area contributed by atoms with Crippen molar-refractivity contribution in [3.63, 3.8) is 0 Å². The lowest BCUT2D eigenvalue weighted by molar-refractivity contribution is -0.126. The van der Waals surface area contributed by atoms with Crippen LogP contribution in [0.5, 0.6) is 0 Å². The van der Waals surface area contributed by atoms with Crippen LogP contribution in [0.15, 0.2) is 53.4 Å². The van der Waals surface area contributed by atoms with E-state index >= 15 is 0 Å². The number of rotatable bonds is 8. The van der Waals surface area contributed by atoms with E-state index in [9.17, 15) is 18.0 Å². The number of sulfonamides is 1. The Morgan fingerprint density at radius 3 is 2.58 bits per heavy atom. The van der Waals surface area contributed by atoms with Crippen LogP contribution in [-0.4, -0.2) is 44.8 Å². The van der Waals surface area contributed by atoms with Crippen molar-refractivity contribution >= 4 is 39.1 Å². The number of hydrogen-bond acceptors (Lipinski definition) is 4. The Bertz CT molecular complexity index is 1090. The Morgan fingerprint density at radius 2 is 1.88 bits per heavy atom. The fraction of sp³-hybridized carbons (Fsp3) is 0.417. The van der Waals surface area contributed by atoms with Crippen molar-refractivity contribution in [2.24, 2.45) is 11.8 Å². The maximum absolute atomic E-state index is 13.1. The summed E-state index contributed by atoms with van der Waals surface area (Å²) < 4.78 is 27.8. The lowest BCUT2D eigenvalue weighted by Crippen LogP contribution is -2.45.